The number of rotatable bonds is 2. The van der Waals surface area contributed by atoms with E-state index in [1.807, 2.05) is 48.5 Å². The minimum absolute atomic E-state index is 0.301. The summed E-state index contributed by atoms with van der Waals surface area (Å²) in [5.41, 5.74) is 3.98. The zero-order valence-electron chi connectivity index (χ0n) is 11.7. The zero-order valence-corrected chi connectivity index (χ0v) is 12.5. The summed E-state index contributed by atoms with van der Waals surface area (Å²) in [5, 5.41) is 11.0. The highest BCUT2D eigenvalue weighted by Crippen LogP contribution is 2.33. The Morgan fingerprint density at radius 1 is 0.727 bits per heavy atom. The Morgan fingerprint density at radius 3 is 2.18 bits per heavy atom. The first-order valence-electron chi connectivity index (χ1n) is 7.06. The van der Waals surface area contributed by atoms with Crippen molar-refractivity contribution in [1.82, 2.24) is 4.98 Å². The van der Waals surface area contributed by atoms with Crippen LogP contribution in [0.5, 0.6) is 5.75 Å². The van der Waals surface area contributed by atoms with Gasteiger partial charge in [0.2, 0.25) is 0 Å². The summed E-state index contributed by atoms with van der Waals surface area (Å²) in [7, 11) is 0. The first kappa shape index (κ1) is 13.0. The average molecular weight is 303 g/mol. The van der Waals surface area contributed by atoms with Crippen LogP contribution in [0.3, 0.4) is 0 Å². The van der Waals surface area contributed by atoms with Crippen LogP contribution < -0.4 is 0 Å². The number of aromatic nitrogens is 1. The van der Waals surface area contributed by atoms with Crippen LogP contribution in [0, 0.1) is 0 Å². The lowest BCUT2D eigenvalue weighted by molar-refractivity contribution is 0.477. The molecule has 3 heteroatoms. The van der Waals surface area contributed by atoms with Crippen LogP contribution in [0.2, 0.25) is 0 Å². The Hall–Kier alpha value is -2.65. The van der Waals surface area contributed by atoms with Gasteiger partial charge in [0.05, 0.1) is 10.2 Å². The molecule has 4 rings (SSSR count). The zero-order chi connectivity index (χ0) is 14.9. The van der Waals surface area contributed by atoms with Gasteiger partial charge < -0.3 is 5.11 Å². The van der Waals surface area contributed by atoms with Crippen molar-refractivity contribution in [2.45, 2.75) is 0 Å². The average Bonchev–Trinajstić information content (AvgIpc) is 2.99. The Bertz CT molecular complexity index is 908. The van der Waals surface area contributed by atoms with Crippen molar-refractivity contribution in [3.8, 4) is 27.4 Å². The third kappa shape index (κ3) is 2.26. The number of benzene rings is 3. The molecular formula is C19H13NOS. The molecule has 1 aromatic heterocycles. The minimum atomic E-state index is 0.301. The van der Waals surface area contributed by atoms with E-state index < -0.39 is 0 Å². The number of thiazole rings is 1. The highest BCUT2D eigenvalue weighted by molar-refractivity contribution is 7.21. The summed E-state index contributed by atoms with van der Waals surface area (Å²) in [6.45, 7) is 0. The van der Waals surface area contributed by atoms with Gasteiger partial charge >= 0.3 is 0 Å². The summed E-state index contributed by atoms with van der Waals surface area (Å²) < 4.78 is 1.20. The molecule has 1 N–H and O–H groups in total. The van der Waals surface area contributed by atoms with Crippen LogP contribution >= 0.6 is 11.3 Å². The molecule has 0 spiro atoms. The van der Waals surface area contributed by atoms with Crippen LogP contribution in [0.25, 0.3) is 31.9 Å². The predicted molar refractivity (Wildman–Crippen MR) is 92.2 cm³/mol. The van der Waals surface area contributed by atoms with E-state index in [4.69, 9.17) is 0 Å². The molecule has 0 unspecified atom stereocenters. The summed E-state index contributed by atoms with van der Waals surface area (Å²) in [4.78, 5) is 4.67. The van der Waals surface area contributed by atoms with Gasteiger partial charge in [-0.3, -0.25) is 0 Å². The van der Waals surface area contributed by atoms with Crippen molar-refractivity contribution in [3.05, 3.63) is 72.8 Å². The van der Waals surface area contributed by atoms with Gasteiger partial charge in [-0.25, -0.2) is 4.98 Å². The van der Waals surface area contributed by atoms with Crippen molar-refractivity contribution in [2.24, 2.45) is 0 Å². The smallest absolute Gasteiger partial charge is 0.124 e. The lowest BCUT2D eigenvalue weighted by atomic mass is 10.0. The summed E-state index contributed by atoms with van der Waals surface area (Å²) in [6, 6.07) is 23.7. The Labute approximate surface area is 132 Å². The number of hydrogen-bond donors (Lipinski definition) is 1. The van der Waals surface area contributed by atoms with E-state index in [2.05, 4.69) is 23.2 Å². The highest BCUT2D eigenvalue weighted by atomic mass is 32.1. The van der Waals surface area contributed by atoms with E-state index in [1.54, 1.807) is 17.4 Å². The molecule has 3 aromatic carbocycles. The predicted octanol–water partition coefficient (Wildman–Crippen LogP) is 5.34. The molecule has 0 amide bonds. The molecular weight excluding hydrogens is 290 g/mol. The first-order valence-corrected chi connectivity index (χ1v) is 7.87. The summed E-state index contributed by atoms with van der Waals surface area (Å²) in [6.07, 6.45) is 0. The van der Waals surface area contributed by atoms with Gasteiger partial charge in [-0.1, -0.05) is 54.6 Å². The van der Waals surface area contributed by atoms with Crippen molar-refractivity contribution < 1.29 is 5.11 Å². The largest absolute Gasteiger partial charge is 0.507 e. The number of aromatic hydroxyl groups is 1. The van der Waals surface area contributed by atoms with E-state index in [0.717, 1.165) is 27.2 Å². The standard InChI is InChI=1S/C19H13NOS/c21-17-7-3-1-5-15(17)13-9-11-14(12-10-13)19-20-16-6-2-4-8-18(16)22-19/h1-12,21H. The van der Waals surface area contributed by atoms with E-state index in [9.17, 15) is 5.11 Å². The quantitative estimate of drug-likeness (QED) is 0.542. The molecule has 0 fully saturated rings. The highest BCUT2D eigenvalue weighted by Gasteiger charge is 2.07. The number of phenolic OH excluding ortho intramolecular Hbond substituents is 1. The lowest BCUT2D eigenvalue weighted by Gasteiger charge is -2.05. The maximum Gasteiger partial charge on any atom is 0.124 e. The van der Waals surface area contributed by atoms with Crippen LogP contribution in [-0.2, 0) is 0 Å². The Balaban J connectivity index is 1.74. The van der Waals surface area contributed by atoms with Crippen LogP contribution in [0.4, 0.5) is 0 Å². The molecule has 1 heterocycles. The van der Waals surface area contributed by atoms with Gasteiger partial charge in [0.25, 0.3) is 0 Å². The molecule has 0 aliphatic carbocycles. The van der Waals surface area contributed by atoms with E-state index in [0.29, 0.717) is 5.75 Å². The topological polar surface area (TPSA) is 33.1 Å². The SMILES string of the molecule is Oc1ccccc1-c1ccc(-c2nc3ccccc3s2)cc1. The Morgan fingerprint density at radius 2 is 1.41 bits per heavy atom. The third-order valence-electron chi connectivity index (χ3n) is 3.64. The number of nitrogens with zero attached hydrogens (tertiary/aromatic N) is 1. The molecule has 0 radical (unpaired) electrons. The van der Waals surface area contributed by atoms with Gasteiger partial charge in [-0.2, -0.15) is 0 Å². The van der Waals surface area contributed by atoms with Crippen molar-refractivity contribution in [1.29, 1.82) is 0 Å². The van der Waals surface area contributed by atoms with Crippen LogP contribution in [0.1, 0.15) is 0 Å². The van der Waals surface area contributed by atoms with Gasteiger partial charge in [0.1, 0.15) is 10.8 Å². The summed E-state index contributed by atoms with van der Waals surface area (Å²) in [5.74, 6) is 0.301. The molecule has 4 aromatic rings. The second kappa shape index (κ2) is 5.28. The molecule has 2 nitrogen and oxygen atoms in total. The molecule has 0 atom stereocenters. The van der Waals surface area contributed by atoms with Crippen molar-refractivity contribution in [3.63, 3.8) is 0 Å². The molecule has 0 aliphatic rings. The second-order valence-electron chi connectivity index (χ2n) is 5.08. The molecule has 0 saturated carbocycles. The fraction of sp³-hybridized carbons (Fsp3) is 0. The fourth-order valence-electron chi connectivity index (χ4n) is 2.51. The monoisotopic (exact) mass is 303 g/mol. The van der Waals surface area contributed by atoms with Gasteiger partial charge in [0, 0.05) is 11.1 Å². The Kier molecular flexibility index (Phi) is 3.13. The van der Waals surface area contributed by atoms with Crippen LogP contribution in [-0.4, -0.2) is 10.1 Å². The first-order chi connectivity index (χ1) is 10.8. The molecule has 0 aliphatic heterocycles. The molecule has 0 bridgehead atoms. The number of para-hydroxylation sites is 2. The van der Waals surface area contributed by atoms with Gasteiger partial charge in [-0.15, -0.1) is 11.3 Å². The number of hydrogen-bond acceptors (Lipinski definition) is 3. The second-order valence-corrected chi connectivity index (χ2v) is 6.11. The van der Waals surface area contributed by atoms with E-state index in [-0.39, 0.29) is 0 Å². The van der Waals surface area contributed by atoms with E-state index in [1.165, 1.54) is 4.70 Å². The molecule has 0 saturated heterocycles. The number of phenols is 1. The summed E-state index contributed by atoms with van der Waals surface area (Å²) >= 11 is 1.69. The van der Waals surface area contributed by atoms with Crippen molar-refractivity contribution >= 4 is 21.6 Å². The van der Waals surface area contributed by atoms with Crippen molar-refractivity contribution in [2.75, 3.05) is 0 Å². The van der Waals surface area contributed by atoms with E-state index >= 15 is 0 Å². The maximum absolute atomic E-state index is 9.94. The lowest BCUT2D eigenvalue weighted by Crippen LogP contribution is -1.80. The third-order valence-corrected chi connectivity index (χ3v) is 4.73. The van der Waals surface area contributed by atoms with Crippen LogP contribution in [0.15, 0.2) is 72.8 Å². The molecule has 106 valence electrons. The fourth-order valence-corrected chi connectivity index (χ4v) is 3.48. The van der Waals surface area contributed by atoms with Gasteiger partial charge in [0.15, 0.2) is 0 Å². The maximum atomic E-state index is 9.94. The molecule has 22 heavy (non-hydrogen) atoms. The normalized spacial score (nSPS) is 10.9. The number of fused-ring (bicyclic) bond motifs is 1. The van der Waals surface area contributed by atoms with Gasteiger partial charge in [-0.05, 0) is 23.8 Å². The minimum Gasteiger partial charge on any atom is -0.507 e.